The molecule has 0 atom stereocenters. The minimum absolute atomic E-state index is 0.100. The van der Waals surface area contributed by atoms with Crippen molar-refractivity contribution in [3.05, 3.63) is 64.8 Å². The SMILES string of the molecule is Cc1ccc(S(=O)(=O)n2cc(C(=O)CBr)c3cc(Cl)ccc32)cc1. The maximum atomic E-state index is 13.0. The van der Waals surface area contributed by atoms with Crippen molar-refractivity contribution in [2.24, 2.45) is 0 Å². The van der Waals surface area contributed by atoms with Crippen LogP contribution in [-0.2, 0) is 10.0 Å². The van der Waals surface area contributed by atoms with Crippen molar-refractivity contribution >= 4 is 54.2 Å². The summed E-state index contributed by atoms with van der Waals surface area (Å²) in [6.07, 6.45) is 1.36. The Bertz CT molecular complexity index is 1040. The fraction of sp³-hybridized carbons (Fsp3) is 0.118. The maximum absolute atomic E-state index is 13.0. The molecule has 0 bridgehead atoms. The number of ketones is 1. The lowest BCUT2D eigenvalue weighted by molar-refractivity contribution is 0.102. The highest BCUT2D eigenvalue weighted by Crippen LogP contribution is 2.29. The van der Waals surface area contributed by atoms with E-state index in [0.717, 1.165) is 9.54 Å². The molecule has 0 spiro atoms. The smallest absolute Gasteiger partial charge is 0.268 e. The van der Waals surface area contributed by atoms with Crippen molar-refractivity contribution in [1.82, 2.24) is 3.97 Å². The summed E-state index contributed by atoms with van der Waals surface area (Å²) in [5, 5.41) is 1.06. The van der Waals surface area contributed by atoms with Gasteiger partial charge in [-0.2, -0.15) is 0 Å². The van der Waals surface area contributed by atoms with Gasteiger partial charge in [-0.15, -0.1) is 0 Å². The molecule has 0 saturated carbocycles. The van der Waals surface area contributed by atoms with Crippen molar-refractivity contribution < 1.29 is 13.2 Å². The van der Waals surface area contributed by atoms with E-state index in [0.29, 0.717) is 21.5 Å². The van der Waals surface area contributed by atoms with Gasteiger partial charge in [0.25, 0.3) is 10.0 Å². The van der Waals surface area contributed by atoms with Crippen LogP contribution in [0.5, 0.6) is 0 Å². The van der Waals surface area contributed by atoms with Crippen molar-refractivity contribution in [1.29, 1.82) is 0 Å². The highest BCUT2D eigenvalue weighted by Gasteiger charge is 2.23. The Hall–Kier alpha value is -1.63. The lowest BCUT2D eigenvalue weighted by Crippen LogP contribution is -2.12. The van der Waals surface area contributed by atoms with Crippen LogP contribution >= 0.6 is 27.5 Å². The lowest BCUT2D eigenvalue weighted by Gasteiger charge is -2.08. The zero-order chi connectivity index (χ0) is 17.5. The fourth-order valence-corrected chi connectivity index (χ4v) is 4.33. The van der Waals surface area contributed by atoms with E-state index >= 15 is 0 Å². The number of aromatic nitrogens is 1. The van der Waals surface area contributed by atoms with Crippen LogP contribution in [0.25, 0.3) is 10.9 Å². The van der Waals surface area contributed by atoms with Gasteiger partial charge in [0, 0.05) is 22.2 Å². The number of alkyl halides is 1. The molecule has 1 heterocycles. The van der Waals surface area contributed by atoms with Gasteiger partial charge in [0.15, 0.2) is 5.78 Å². The minimum atomic E-state index is -3.81. The fourth-order valence-electron chi connectivity index (χ4n) is 2.49. The number of hydrogen-bond acceptors (Lipinski definition) is 3. The molecule has 0 radical (unpaired) electrons. The Kier molecular flexibility index (Phi) is 4.55. The third-order valence-electron chi connectivity index (χ3n) is 3.73. The molecule has 0 aliphatic heterocycles. The van der Waals surface area contributed by atoms with Gasteiger partial charge in [0.2, 0.25) is 0 Å². The average molecular weight is 427 g/mol. The highest BCUT2D eigenvalue weighted by molar-refractivity contribution is 9.09. The number of aryl methyl sites for hydroxylation is 1. The Morgan fingerprint density at radius 1 is 1.17 bits per heavy atom. The number of rotatable bonds is 4. The molecule has 124 valence electrons. The summed E-state index contributed by atoms with van der Waals surface area (Å²) in [4.78, 5) is 12.3. The number of carbonyl (C=O) groups excluding carboxylic acids is 1. The molecule has 0 N–H and O–H groups in total. The molecule has 3 rings (SSSR count). The van der Waals surface area contributed by atoms with Gasteiger partial charge in [-0.25, -0.2) is 12.4 Å². The summed E-state index contributed by atoms with van der Waals surface area (Å²) in [5.74, 6) is -0.208. The van der Waals surface area contributed by atoms with Crippen molar-refractivity contribution in [2.75, 3.05) is 5.33 Å². The molecule has 0 aliphatic carbocycles. The molecule has 0 unspecified atom stereocenters. The number of benzene rings is 2. The molecule has 0 amide bonds. The monoisotopic (exact) mass is 425 g/mol. The van der Waals surface area contributed by atoms with Gasteiger partial charge >= 0.3 is 0 Å². The zero-order valence-electron chi connectivity index (χ0n) is 12.7. The normalized spacial score (nSPS) is 11.8. The van der Waals surface area contributed by atoms with Gasteiger partial charge in [-0.1, -0.05) is 45.2 Å². The summed E-state index contributed by atoms with van der Waals surface area (Å²) >= 11 is 9.14. The maximum Gasteiger partial charge on any atom is 0.268 e. The second-order valence-electron chi connectivity index (χ2n) is 5.37. The molecular formula is C17H13BrClNO3S. The van der Waals surface area contributed by atoms with E-state index in [1.54, 1.807) is 42.5 Å². The van der Waals surface area contributed by atoms with Gasteiger partial charge in [0.05, 0.1) is 15.7 Å². The predicted molar refractivity (Wildman–Crippen MR) is 98.8 cm³/mol. The minimum Gasteiger partial charge on any atom is -0.293 e. The van der Waals surface area contributed by atoms with Gasteiger partial charge in [0.1, 0.15) is 0 Å². The summed E-state index contributed by atoms with van der Waals surface area (Å²) in [7, 11) is -3.81. The van der Waals surface area contributed by atoms with E-state index in [1.165, 1.54) is 6.20 Å². The zero-order valence-corrected chi connectivity index (χ0v) is 15.8. The molecule has 0 aliphatic rings. The molecule has 0 saturated heterocycles. The van der Waals surface area contributed by atoms with Crippen molar-refractivity contribution in [2.45, 2.75) is 11.8 Å². The first-order valence-corrected chi connectivity index (χ1v) is 10.0. The molecule has 2 aromatic carbocycles. The molecule has 7 heteroatoms. The van der Waals surface area contributed by atoms with Crippen LogP contribution in [0.3, 0.4) is 0 Å². The molecule has 1 aromatic heterocycles. The number of hydrogen-bond donors (Lipinski definition) is 0. The van der Waals surface area contributed by atoms with Crippen LogP contribution < -0.4 is 0 Å². The topological polar surface area (TPSA) is 56.1 Å². The van der Waals surface area contributed by atoms with Gasteiger partial charge in [-0.05, 0) is 37.3 Å². The van der Waals surface area contributed by atoms with Gasteiger partial charge in [-0.3, -0.25) is 4.79 Å². The van der Waals surface area contributed by atoms with Crippen LogP contribution in [0.4, 0.5) is 0 Å². The van der Waals surface area contributed by atoms with E-state index < -0.39 is 10.0 Å². The Morgan fingerprint density at radius 3 is 2.46 bits per heavy atom. The highest BCUT2D eigenvalue weighted by atomic mass is 79.9. The lowest BCUT2D eigenvalue weighted by atomic mass is 10.1. The predicted octanol–water partition coefficient (Wildman–Crippen LogP) is 4.42. The molecule has 3 aromatic rings. The van der Waals surface area contributed by atoms with Crippen LogP contribution in [0, 0.1) is 6.92 Å². The van der Waals surface area contributed by atoms with E-state index in [9.17, 15) is 13.2 Å². The summed E-state index contributed by atoms with van der Waals surface area (Å²) in [5.41, 5.74) is 1.71. The van der Waals surface area contributed by atoms with Crippen LogP contribution in [0.2, 0.25) is 5.02 Å². The van der Waals surface area contributed by atoms with E-state index in [-0.39, 0.29) is 16.0 Å². The second-order valence-corrected chi connectivity index (χ2v) is 8.19. The molecule has 4 nitrogen and oxygen atoms in total. The van der Waals surface area contributed by atoms with Crippen molar-refractivity contribution in [3.8, 4) is 0 Å². The first kappa shape index (κ1) is 17.2. The second kappa shape index (κ2) is 6.35. The summed E-state index contributed by atoms with van der Waals surface area (Å²) in [6, 6.07) is 11.4. The average Bonchev–Trinajstić information content (AvgIpc) is 2.94. The first-order valence-electron chi connectivity index (χ1n) is 7.06. The summed E-state index contributed by atoms with van der Waals surface area (Å²) < 4.78 is 27.1. The van der Waals surface area contributed by atoms with E-state index in [1.807, 2.05) is 6.92 Å². The van der Waals surface area contributed by atoms with Gasteiger partial charge < -0.3 is 0 Å². The van der Waals surface area contributed by atoms with E-state index in [4.69, 9.17) is 11.6 Å². The quantitative estimate of drug-likeness (QED) is 0.458. The Balaban J connectivity index is 2.30. The first-order chi connectivity index (χ1) is 11.3. The molecule has 24 heavy (non-hydrogen) atoms. The molecular weight excluding hydrogens is 414 g/mol. The summed E-state index contributed by atoms with van der Waals surface area (Å²) in [6.45, 7) is 1.89. The third kappa shape index (κ3) is 2.90. The van der Waals surface area contributed by atoms with Crippen LogP contribution in [0.15, 0.2) is 53.6 Å². The van der Waals surface area contributed by atoms with Crippen LogP contribution in [0.1, 0.15) is 15.9 Å². The largest absolute Gasteiger partial charge is 0.293 e. The Labute approximate surface area is 153 Å². The van der Waals surface area contributed by atoms with Crippen molar-refractivity contribution in [3.63, 3.8) is 0 Å². The number of carbonyl (C=O) groups is 1. The Morgan fingerprint density at radius 2 is 1.83 bits per heavy atom. The third-order valence-corrected chi connectivity index (χ3v) is 6.16. The van der Waals surface area contributed by atoms with E-state index in [2.05, 4.69) is 15.9 Å². The van der Waals surface area contributed by atoms with Crippen LogP contribution in [-0.4, -0.2) is 23.5 Å². The number of halogens is 2. The standard InChI is InChI=1S/C17H13BrClNO3S/c1-11-2-5-13(6-3-11)24(22,23)20-10-15(17(21)9-18)14-8-12(19)4-7-16(14)20/h2-8,10H,9H2,1H3. The number of nitrogens with zero attached hydrogens (tertiary/aromatic N) is 1. The number of fused-ring (bicyclic) bond motifs is 1. The molecule has 0 fully saturated rings. The number of Topliss-reactive ketones (excluding diaryl/α,β-unsaturated/α-hetero) is 1.